The van der Waals surface area contributed by atoms with Crippen molar-refractivity contribution in [3.63, 3.8) is 0 Å². The number of rotatable bonds is 8. The van der Waals surface area contributed by atoms with E-state index in [2.05, 4.69) is 10.6 Å². The Morgan fingerprint density at radius 2 is 1.84 bits per heavy atom. The first-order valence-electron chi connectivity index (χ1n) is 15.0. The minimum absolute atomic E-state index is 0.0419. The van der Waals surface area contributed by atoms with E-state index in [1.54, 1.807) is 30.0 Å². The number of hydrogen-bond donors (Lipinski definition) is 3. The molecule has 2 aromatic rings. The number of aliphatic hydroxyl groups excluding tert-OH is 1. The van der Waals surface area contributed by atoms with Crippen LogP contribution in [0.4, 0.5) is 23.7 Å². The van der Waals surface area contributed by atoms with Crippen LogP contribution in [0.2, 0.25) is 0 Å². The number of anilines is 1. The molecule has 1 heterocycles. The predicted molar refractivity (Wildman–Crippen MR) is 159 cm³/mol. The SMILES string of the molecule is C[C@@H]1CN([C@@H](C)CO)C(=O)Cc2cc(NC(=O)NC3CCCCC3)ccc2O[C@H]1CN(C)Cc1ccc(C(F)(F)F)cc1. The third kappa shape index (κ3) is 9.09. The Morgan fingerprint density at radius 1 is 1.14 bits per heavy atom. The minimum atomic E-state index is -4.39. The number of likely N-dealkylation sites (N-methyl/N-ethyl adjacent to an activating group) is 1. The average molecular weight is 605 g/mol. The normalized spacial score (nSPS) is 20.8. The summed E-state index contributed by atoms with van der Waals surface area (Å²) in [6.45, 7) is 4.81. The Bertz CT molecular complexity index is 1230. The minimum Gasteiger partial charge on any atom is -0.488 e. The van der Waals surface area contributed by atoms with Crippen molar-refractivity contribution in [3.8, 4) is 5.75 Å². The maximum Gasteiger partial charge on any atom is 0.416 e. The van der Waals surface area contributed by atoms with Crippen LogP contribution in [0.3, 0.4) is 0 Å². The van der Waals surface area contributed by atoms with Crippen molar-refractivity contribution >= 4 is 17.6 Å². The Kier molecular flexibility index (Phi) is 10.9. The maximum atomic E-state index is 13.5. The number of ether oxygens (including phenoxy) is 1. The highest BCUT2D eigenvalue weighted by atomic mass is 19.4. The van der Waals surface area contributed by atoms with Crippen molar-refractivity contribution in [2.75, 3.05) is 32.1 Å². The van der Waals surface area contributed by atoms with Crippen LogP contribution in [0.5, 0.6) is 5.75 Å². The number of amides is 3. The lowest BCUT2D eigenvalue weighted by atomic mass is 9.96. The lowest BCUT2D eigenvalue weighted by molar-refractivity contribution is -0.137. The number of carbonyl (C=O) groups is 2. The van der Waals surface area contributed by atoms with Crippen LogP contribution in [-0.4, -0.2) is 71.8 Å². The number of urea groups is 1. The van der Waals surface area contributed by atoms with Crippen LogP contribution >= 0.6 is 0 Å². The van der Waals surface area contributed by atoms with E-state index in [9.17, 15) is 27.9 Å². The highest BCUT2D eigenvalue weighted by molar-refractivity contribution is 5.90. The van der Waals surface area contributed by atoms with E-state index in [1.807, 2.05) is 18.9 Å². The molecule has 1 aliphatic carbocycles. The van der Waals surface area contributed by atoms with E-state index >= 15 is 0 Å². The van der Waals surface area contributed by atoms with Crippen LogP contribution in [0.15, 0.2) is 42.5 Å². The zero-order valence-corrected chi connectivity index (χ0v) is 25.1. The summed E-state index contributed by atoms with van der Waals surface area (Å²) < 4.78 is 45.5. The number of fused-ring (bicyclic) bond motifs is 1. The predicted octanol–water partition coefficient (Wildman–Crippen LogP) is 5.44. The fraction of sp³-hybridized carbons (Fsp3) is 0.562. The van der Waals surface area contributed by atoms with Gasteiger partial charge < -0.3 is 25.4 Å². The molecule has 8 nitrogen and oxygen atoms in total. The number of nitrogens with one attached hydrogen (secondary N) is 2. The number of alkyl halides is 3. The third-order valence-corrected chi connectivity index (χ3v) is 8.34. The number of hydrogen-bond acceptors (Lipinski definition) is 5. The van der Waals surface area contributed by atoms with Gasteiger partial charge in [0.25, 0.3) is 0 Å². The van der Waals surface area contributed by atoms with E-state index in [-0.39, 0.29) is 43.0 Å². The smallest absolute Gasteiger partial charge is 0.416 e. The summed E-state index contributed by atoms with van der Waals surface area (Å²) in [5.74, 6) is 0.253. The molecule has 11 heteroatoms. The van der Waals surface area contributed by atoms with Crippen molar-refractivity contribution in [1.82, 2.24) is 15.1 Å². The fourth-order valence-electron chi connectivity index (χ4n) is 5.81. The molecule has 2 aliphatic rings. The van der Waals surface area contributed by atoms with Crippen molar-refractivity contribution in [3.05, 3.63) is 59.2 Å². The summed E-state index contributed by atoms with van der Waals surface area (Å²) in [4.78, 5) is 29.8. The second-order valence-electron chi connectivity index (χ2n) is 12.0. The van der Waals surface area contributed by atoms with Gasteiger partial charge in [-0.15, -0.1) is 0 Å². The van der Waals surface area contributed by atoms with E-state index in [4.69, 9.17) is 4.74 Å². The van der Waals surface area contributed by atoms with Gasteiger partial charge >= 0.3 is 12.2 Å². The Morgan fingerprint density at radius 3 is 2.49 bits per heavy atom. The zero-order valence-electron chi connectivity index (χ0n) is 25.1. The molecule has 0 radical (unpaired) electrons. The molecular formula is C32H43F3N4O4. The van der Waals surface area contributed by atoms with Gasteiger partial charge in [-0.05, 0) is 62.7 Å². The van der Waals surface area contributed by atoms with Crippen LogP contribution in [0, 0.1) is 5.92 Å². The summed E-state index contributed by atoms with van der Waals surface area (Å²) in [7, 11) is 1.87. The van der Waals surface area contributed by atoms with Gasteiger partial charge in [-0.2, -0.15) is 13.2 Å². The van der Waals surface area contributed by atoms with Crippen LogP contribution in [-0.2, 0) is 23.9 Å². The Hall–Kier alpha value is -3.31. The Balaban J connectivity index is 1.52. The van der Waals surface area contributed by atoms with Crippen molar-refractivity contribution in [2.45, 2.75) is 83.3 Å². The topological polar surface area (TPSA) is 94.1 Å². The molecule has 3 amide bonds. The monoisotopic (exact) mass is 604 g/mol. The van der Waals surface area contributed by atoms with Crippen molar-refractivity contribution < 1.29 is 32.6 Å². The summed E-state index contributed by atoms with van der Waals surface area (Å²) in [6.07, 6.45) is 0.608. The van der Waals surface area contributed by atoms with Crippen LogP contribution < -0.4 is 15.4 Å². The van der Waals surface area contributed by atoms with Crippen molar-refractivity contribution in [1.29, 1.82) is 0 Å². The molecule has 0 bridgehead atoms. The van der Waals surface area contributed by atoms with Gasteiger partial charge in [0, 0.05) is 42.8 Å². The number of nitrogens with zero attached hydrogens (tertiary/aromatic N) is 2. The molecule has 236 valence electrons. The molecule has 0 spiro atoms. The van der Waals surface area contributed by atoms with Gasteiger partial charge in [-0.3, -0.25) is 9.69 Å². The van der Waals surface area contributed by atoms with Crippen molar-refractivity contribution in [2.24, 2.45) is 5.92 Å². The van der Waals surface area contributed by atoms with E-state index in [0.29, 0.717) is 36.6 Å². The maximum absolute atomic E-state index is 13.5. The zero-order chi connectivity index (χ0) is 31.1. The average Bonchev–Trinajstić information content (AvgIpc) is 3.00. The van der Waals surface area contributed by atoms with Crippen LogP contribution in [0.25, 0.3) is 0 Å². The number of aliphatic hydroxyl groups is 1. The lowest BCUT2D eigenvalue weighted by Gasteiger charge is -2.34. The summed E-state index contributed by atoms with van der Waals surface area (Å²) >= 11 is 0. The molecule has 0 saturated heterocycles. The number of halogens is 3. The van der Waals surface area contributed by atoms with Gasteiger partial charge in [0.2, 0.25) is 5.91 Å². The quantitative estimate of drug-likeness (QED) is 0.373. The lowest BCUT2D eigenvalue weighted by Crippen LogP contribution is -2.47. The molecule has 0 aromatic heterocycles. The molecule has 3 N–H and O–H groups in total. The second-order valence-corrected chi connectivity index (χ2v) is 12.0. The van der Waals surface area contributed by atoms with Crippen LogP contribution in [0.1, 0.15) is 62.6 Å². The highest BCUT2D eigenvalue weighted by Crippen LogP contribution is 2.31. The third-order valence-electron chi connectivity index (χ3n) is 8.34. The summed E-state index contributed by atoms with van der Waals surface area (Å²) in [5.41, 5.74) is 1.22. The fourth-order valence-corrected chi connectivity index (χ4v) is 5.81. The van der Waals surface area contributed by atoms with Gasteiger partial charge in [-0.25, -0.2) is 4.79 Å². The number of benzene rings is 2. The second kappa shape index (κ2) is 14.4. The molecule has 1 fully saturated rings. The highest BCUT2D eigenvalue weighted by Gasteiger charge is 2.32. The van der Waals surface area contributed by atoms with E-state index in [1.165, 1.54) is 18.6 Å². The Labute approximate surface area is 251 Å². The first kappa shape index (κ1) is 32.6. The van der Waals surface area contributed by atoms with Gasteiger partial charge in [0.05, 0.1) is 24.6 Å². The first-order valence-corrected chi connectivity index (χ1v) is 15.0. The number of carbonyl (C=O) groups excluding carboxylic acids is 2. The van der Waals surface area contributed by atoms with E-state index in [0.717, 1.165) is 43.4 Å². The van der Waals surface area contributed by atoms with Gasteiger partial charge in [0.15, 0.2) is 0 Å². The summed E-state index contributed by atoms with van der Waals surface area (Å²) in [6, 6.07) is 9.87. The van der Waals surface area contributed by atoms with Gasteiger partial charge in [0.1, 0.15) is 11.9 Å². The van der Waals surface area contributed by atoms with E-state index < -0.39 is 17.8 Å². The summed E-state index contributed by atoms with van der Waals surface area (Å²) in [5, 5.41) is 15.8. The molecule has 43 heavy (non-hydrogen) atoms. The molecule has 3 atom stereocenters. The largest absolute Gasteiger partial charge is 0.488 e. The molecular weight excluding hydrogens is 561 g/mol. The molecule has 0 unspecified atom stereocenters. The molecule has 2 aromatic carbocycles. The first-order chi connectivity index (χ1) is 20.4. The molecule has 1 saturated carbocycles. The standard InChI is InChI=1S/C32H43F3N4O4/c1-21-17-39(22(2)20-40)30(41)16-24-15-27(37-31(42)36-26-7-5-4-6-8-26)13-14-28(24)43-29(21)19-38(3)18-23-9-11-25(12-10-23)32(33,34)35/h9-15,21-22,26,29,40H,4-8,16-20H2,1-3H3,(H2,36,37,42)/t21-,22+,29+/m1/s1. The molecule has 4 rings (SSSR count). The molecule has 1 aliphatic heterocycles. The van der Waals surface area contributed by atoms with Gasteiger partial charge in [-0.1, -0.05) is 38.3 Å².